The van der Waals surface area contributed by atoms with Crippen molar-refractivity contribution in [2.75, 3.05) is 0 Å². The van der Waals surface area contributed by atoms with Crippen molar-refractivity contribution in [1.82, 2.24) is 0 Å². The van der Waals surface area contributed by atoms with Gasteiger partial charge in [0.15, 0.2) is 0 Å². The van der Waals surface area contributed by atoms with E-state index in [9.17, 15) is 21.6 Å². The lowest BCUT2D eigenvalue weighted by Gasteiger charge is -2.13. The molecular formula is C14H11F3O3S. The fourth-order valence-electron chi connectivity index (χ4n) is 1.61. The number of sulfone groups is 1. The van der Waals surface area contributed by atoms with Crippen molar-refractivity contribution in [2.24, 2.45) is 0 Å². The summed E-state index contributed by atoms with van der Waals surface area (Å²) in [7, 11) is -5.46. The number of para-hydroxylation sites is 1. The highest BCUT2D eigenvalue weighted by Crippen LogP contribution is 2.37. The average molecular weight is 316 g/mol. The lowest BCUT2D eigenvalue weighted by molar-refractivity contribution is -0.0436. The Morgan fingerprint density at radius 3 is 2.10 bits per heavy atom. The van der Waals surface area contributed by atoms with Gasteiger partial charge in [0.1, 0.15) is 16.4 Å². The van der Waals surface area contributed by atoms with Crippen molar-refractivity contribution in [2.45, 2.75) is 17.3 Å². The zero-order chi connectivity index (χ0) is 15.7. The van der Waals surface area contributed by atoms with Crippen molar-refractivity contribution in [1.29, 1.82) is 0 Å². The average Bonchev–Trinajstić information content (AvgIpc) is 2.40. The van der Waals surface area contributed by atoms with Crippen LogP contribution < -0.4 is 4.74 Å². The molecule has 0 spiro atoms. The highest BCUT2D eigenvalue weighted by Gasteiger charge is 2.48. The van der Waals surface area contributed by atoms with E-state index in [0.29, 0.717) is 0 Å². The molecule has 0 aliphatic heterocycles. The molecular weight excluding hydrogens is 305 g/mol. The summed E-state index contributed by atoms with van der Waals surface area (Å²) in [5.41, 5.74) is -4.43. The summed E-state index contributed by atoms with van der Waals surface area (Å²) in [6.07, 6.45) is 0. The maximum atomic E-state index is 12.6. The second kappa shape index (κ2) is 5.40. The van der Waals surface area contributed by atoms with Gasteiger partial charge in [-0.05, 0) is 31.2 Å². The molecule has 0 aromatic heterocycles. The van der Waals surface area contributed by atoms with Crippen LogP contribution in [0, 0.1) is 6.92 Å². The van der Waals surface area contributed by atoms with E-state index in [1.807, 2.05) is 6.92 Å². The molecule has 112 valence electrons. The third-order valence-corrected chi connectivity index (χ3v) is 4.22. The summed E-state index contributed by atoms with van der Waals surface area (Å²) < 4.78 is 66.2. The van der Waals surface area contributed by atoms with Gasteiger partial charge in [-0.2, -0.15) is 13.2 Å². The number of alkyl halides is 3. The monoisotopic (exact) mass is 316 g/mol. The third kappa shape index (κ3) is 3.18. The van der Waals surface area contributed by atoms with Gasteiger partial charge in [-0.3, -0.25) is 0 Å². The van der Waals surface area contributed by atoms with Crippen molar-refractivity contribution in [3.05, 3.63) is 54.1 Å². The fourth-order valence-corrected chi connectivity index (χ4v) is 2.50. The van der Waals surface area contributed by atoms with Crippen LogP contribution in [0.4, 0.5) is 13.2 Å². The smallest absolute Gasteiger partial charge is 0.456 e. The first-order valence-electron chi connectivity index (χ1n) is 5.87. The molecule has 21 heavy (non-hydrogen) atoms. The highest BCUT2D eigenvalue weighted by molar-refractivity contribution is 7.92. The molecule has 0 bridgehead atoms. The predicted molar refractivity (Wildman–Crippen MR) is 70.9 cm³/mol. The molecule has 0 heterocycles. The number of benzene rings is 2. The Labute approximate surface area is 119 Å². The Balaban J connectivity index is 2.45. The number of hydrogen-bond acceptors (Lipinski definition) is 3. The molecule has 0 saturated heterocycles. The molecule has 0 saturated carbocycles. The molecule has 0 unspecified atom stereocenters. The van der Waals surface area contributed by atoms with Gasteiger partial charge < -0.3 is 4.74 Å². The van der Waals surface area contributed by atoms with Gasteiger partial charge in [-0.25, -0.2) is 8.42 Å². The lowest BCUT2D eigenvalue weighted by atomic mass is 10.2. The van der Waals surface area contributed by atoms with Gasteiger partial charge in [-0.1, -0.05) is 29.8 Å². The van der Waals surface area contributed by atoms with Gasteiger partial charge in [0, 0.05) is 0 Å². The second-order valence-corrected chi connectivity index (χ2v) is 6.22. The van der Waals surface area contributed by atoms with Crippen LogP contribution in [-0.4, -0.2) is 13.9 Å². The Morgan fingerprint density at radius 1 is 0.952 bits per heavy atom. The van der Waals surface area contributed by atoms with Crippen LogP contribution in [0.25, 0.3) is 0 Å². The van der Waals surface area contributed by atoms with E-state index >= 15 is 0 Å². The maximum Gasteiger partial charge on any atom is 0.502 e. The number of rotatable bonds is 3. The molecule has 7 heteroatoms. The van der Waals surface area contributed by atoms with E-state index < -0.39 is 20.2 Å². The van der Waals surface area contributed by atoms with Crippen LogP contribution in [0.3, 0.4) is 0 Å². The summed E-state index contributed by atoms with van der Waals surface area (Å²) >= 11 is 0. The van der Waals surface area contributed by atoms with E-state index in [1.165, 1.54) is 18.2 Å². The molecule has 3 nitrogen and oxygen atoms in total. The molecule has 2 rings (SSSR count). The summed E-state index contributed by atoms with van der Waals surface area (Å²) in [6, 6.07) is 11.2. The fraction of sp³-hybridized carbons (Fsp3) is 0.143. The largest absolute Gasteiger partial charge is 0.502 e. The normalized spacial score (nSPS) is 12.2. The van der Waals surface area contributed by atoms with Crippen molar-refractivity contribution >= 4 is 9.84 Å². The molecule has 0 aliphatic rings. The van der Waals surface area contributed by atoms with E-state index in [-0.39, 0.29) is 11.5 Å². The van der Waals surface area contributed by atoms with Crippen molar-refractivity contribution < 1.29 is 26.3 Å². The van der Waals surface area contributed by atoms with Crippen LogP contribution in [-0.2, 0) is 9.84 Å². The summed E-state index contributed by atoms with van der Waals surface area (Å²) in [5.74, 6) is -0.107. The summed E-state index contributed by atoms with van der Waals surface area (Å²) in [4.78, 5) is -0.905. The first kappa shape index (κ1) is 15.4. The lowest BCUT2D eigenvalue weighted by Crippen LogP contribution is -2.23. The van der Waals surface area contributed by atoms with Gasteiger partial charge in [0.25, 0.3) is 9.84 Å². The van der Waals surface area contributed by atoms with Crippen LogP contribution in [0.2, 0.25) is 0 Å². The number of ether oxygens (including phenoxy) is 1. The Kier molecular flexibility index (Phi) is 3.95. The first-order chi connectivity index (χ1) is 9.72. The molecule has 0 radical (unpaired) electrons. The van der Waals surface area contributed by atoms with Gasteiger partial charge in [-0.15, -0.1) is 0 Å². The van der Waals surface area contributed by atoms with Gasteiger partial charge in [0.05, 0.1) is 0 Å². The van der Waals surface area contributed by atoms with E-state index in [4.69, 9.17) is 4.74 Å². The zero-order valence-corrected chi connectivity index (χ0v) is 11.7. The third-order valence-electron chi connectivity index (χ3n) is 2.69. The van der Waals surface area contributed by atoms with E-state index in [1.54, 1.807) is 24.3 Å². The van der Waals surface area contributed by atoms with Gasteiger partial charge in [0.2, 0.25) is 0 Å². The first-order valence-corrected chi connectivity index (χ1v) is 7.35. The Bertz CT molecular complexity index is 735. The maximum absolute atomic E-state index is 12.6. The minimum Gasteiger partial charge on any atom is -0.456 e. The minimum atomic E-state index is -5.46. The molecule has 0 N–H and O–H groups in total. The summed E-state index contributed by atoms with van der Waals surface area (Å²) in [5, 5.41) is 0. The minimum absolute atomic E-state index is 0.255. The molecule has 0 fully saturated rings. The van der Waals surface area contributed by atoms with E-state index in [2.05, 4.69) is 0 Å². The van der Waals surface area contributed by atoms with Crippen LogP contribution in [0.5, 0.6) is 11.5 Å². The standard InChI is InChI=1S/C14H11F3O3S/c1-10-6-8-11(9-7-10)20-12-4-2-3-5-13(12)21(18,19)14(15,16)17/h2-9H,1H3. The number of halogens is 3. The molecule has 0 atom stereocenters. The SMILES string of the molecule is Cc1ccc(Oc2ccccc2S(=O)(=O)C(F)(F)F)cc1. The Hall–Kier alpha value is -2.02. The number of hydrogen-bond donors (Lipinski definition) is 0. The number of aryl methyl sites for hydroxylation is 1. The molecule has 2 aromatic rings. The molecule has 2 aromatic carbocycles. The van der Waals surface area contributed by atoms with Crippen LogP contribution in [0.1, 0.15) is 5.56 Å². The van der Waals surface area contributed by atoms with E-state index in [0.717, 1.165) is 11.6 Å². The summed E-state index contributed by atoms with van der Waals surface area (Å²) in [6.45, 7) is 1.84. The molecule has 0 amide bonds. The topological polar surface area (TPSA) is 43.4 Å². The Morgan fingerprint density at radius 2 is 1.52 bits per heavy atom. The predicted octanol–water partition coefficient (Wildman–Crippen LogP) is 4.08. The van der Waals surface area contributed by atoms with Crippen LogP contribution in [0.15, 0.2) is 53.4 Å². The second-order valence-electron chi connectivity index (χ2n) is 4.31. The van der Waals surface area contributed by atoms with Crippen molar-refractivity contribution in [3.8, 4) is 11.5 Å². The van der Waals surface area contributed by atoms with Crippen molar-refractivity contribution in [3.63, 3.8) is 0 Å². The zero-order valence-electron chi connectivity index (χ0n) is 10.9. The van der Waals surface area contributed by atoms with Gasteiger partial charge >= 0.3 is 5.51 Å². The quantitative estimate of drug-likeness (QED) is 0.857. The molecule has 0 aliphatic carbocycles. The van der Waals surface area contributed by atoms with Crippen LogP contribution >= 0.6 is 0 Å². The highest BCUT2D eigenvalue weighted by atomic mass is 32.2.